The summed E-state index contributed by atoms with van der Waals surface area (Å²) in [6, 6.07) is 0. The van der Waals surface area contributed by atoms with Gasteiger partial charge >= 0.3 is 23.9 Å². The minimum atomic E-state index is -0.870. The molecular formula is C20H34O8. The number of unbranched alkanes of at least 4 members (excludes halogenated alkanes) is 5. The first-order valence-electron chi connectivity index (χ1n) is 10.1. The molecule has 0 saturated heterocycles. The molecular weight excluding hydrogens is 368 g/mol. The van der Waals surface area contributed by atoms with E-state index in [9.17, 15) is 24.3 Å². The second-order valence-corrected chi connectivity index (χ2v) is 7.45. The zero-order chi connectivity index (χ0) is 21.4. The van der Waals surface area contributed by atoms with E-state index in [4.69, 9.17) is 15.3 Å². The largest absolute Gasteiger partial charge is 0.481 e. The maximum Gasteiger partial charge on any atom is 0.309 e. The van der Waals surface area contributed by atoms with Gasteiger partial charge in [0.25, 0.3) is 0 Å². The number of hydrogen-bond donors (Lipinski definition) is 4. The first kappa shape index (κ1) is 25.9. The Morgan fingerprint density at radius 3 is 1.32 bits per heavy atom. The van der Waals surface area contributed by atoms with Gasteiger partial charge in [0, 0.05) is 19.3 Å². The standard InChI is InChI=1S/C14H24O4.C6H10O4/c15-12(16)8-4-2-1-3-5-9-14(13(17)18)10-6-7-11-14;7-5(8)3-1-2-4-6(9)10/h1-11H2,(H,15,16)(H,17,18);1-4H2,(H,7,8)(H,9,10). The van der Waals surface area contributed by atoms with Gasteiger partial charge < -0.3 is 20.4 Å². The van der Waals surface area contributed by atoms with Crippen LogP contribution in [-0.4, -0.2) is 44.3 Å². The highest BCUT2D eigenvalue weighted by Gasteiger charge is 2.40. The molecule has 0 radical (unpaired) electrons. The van der Waals surface area contributed by atoms with E-state index < -0.39 is 29.3 Å². The van der Waals surface area contributed by atoms with E-state index in [0.29, 0.717) is 12.8 Å². The topological polar surface area (TPSA) is 149 Å². The van der Waals surface area contributed by atoms with Crippen molar-refractivity contribution in [2.24, 2.45) is 5.41 Å². The molecule has 1 aliphatic rings. The molecule has 0 unspecified atom stereocenters. The van der Waals surface area contributed by atoms with Gasteiger partial charge in [-0.2, -0.15) is 0 Å². The Kier molecular flexibility index (Phi) is 13.8. The van der Waals surface area contributed by atoms with Gasteiger partial charge in [-0.3, -0.25) is 19.2 Å². The van der Waals surface area contributed by atoms with Crippen LogP contribution in [0.3, 0.4) is 0 Å². The highest BCUT2D eigenvalue weighted by Crippen LogP contribution is 2.42. The molecule has 0 atom stereocenters. The van der Waals surface area contributed by atoms with Gasteiger partial charge in [-0.05, 0) is 38.5 Å². The first-order valence-corrected chi connectivity index (χ1v) is 10.1. The van der Waals surface area contributed by atoms with Gasteiger partial charge in [-0.25, -0.2) is 0 Å². The minimum absolute atomic E-state index is 0.0628. The fourth-order valence-electron chi connectivity index (χ4n) is 3.44. The lowest BCUT2D eigenvalue weighted by atomic mass is 9.81. The molecule has 1 aliphatic carbocycles. The molecule has 8 heteroatoms. The van der Waals surface area contributed by atoms with Crippen molar-refractivity contribution >= 4 is 23.9 Å². The Balaban J connectivity index is 0.000000621. The van der Waals surface area contributed by atoms with E-state index >= 15 is 0 Å². The Bertz CT molecular complexity index is 478. The average molecular weight is 402 g/mol. The average Bonchev–Trinajstić information content (AvgIpc) is 3.08. The van der Waals surface area contributed by atoms with Crippen molar-refractivity contribution in [3.05, 3.63) is 0 Å². The van der Waals surface area contributed by atoms with E-state index in [-0.39, 0.29) is 19.3 Å². The summed E-state index contributed by atoms with van der Waals surface area (Å²) in [6.07, 6.45) is 10.5. The smallest absolute Gasteiger partial charge is 0.309 e. The maximum absolute atomic E-state index is 11.3. The van der Waals surface area contributed by atoms with Crippen LogP contribution >= 0.6 is 0 Å². The van der Waals surface area contributed by atoms with Crippen LogP contribution in [0.25, 0.3) is 0 Å². The third-order valence-corrected chi connectivity index (χ3v) is 5.09. The highest BCUT2D eigenvalue weighted by atomic mass is 16.4. The number of aliphatic carboxylic acids is 4. The van der Waals surface area contributed by atoms with Gasteiger partial charge in [0.2, 0.25) is 0 Å². The summed E-state index contributed by atoms with van der Waals surface area (Å²) in [7, 11) is 0. The van der Waals surface area contributed by atoms with Crippen LogP contribution in [-0.2, 0) is 19.2 Å². The molecule has 0 spiro atoms. The Morgan fingerprint density at radius 2 is 0.929 bits per heavy atom. The molecule has 4 N–H and O–H groups in total. The lowest BCUT2D eigenvalue weighted by Gasteiger charge is -2.23. The summed E-state index contributed by atoms with van der Waals surface area (Å²) in [5.74, 6) is -3.09. The molecule has 162 valence electrons. The predicted octanol–water partition coefficient (Wildman–Crippen LogP) is 4.16. The molecule has 1 saturated carbocycles. The number of carboxylic acids is 4. The molecule has 0 aromatic heterocycles. The third kappa shape index (κ3) is 13.1. The molecule has 0 bridgehead atoms. The number of carbonyl (C=O) groups is 4. The van der Waals surface area contributed by atoms with Crippen LogP contribution in [0.15, 0.2) is 0 Å². The molecule has 1 fully saturated rings. The van der Waals surface area contributed by atoms with E-state index in [1.165, 1.54) is 0 Å². The van der Waals surface area contributed by atoms with Crippen molar-refractivity contribution in [1.29, 1.82) is 0 Å². The summed E-state index contributed by atoms with van der Waals surface area (Å²) in [5.41, 5.74) is -0.443. The van der Waals surface area contributed by atoms with Crippen molar-refractivity contribution in [1.82, 2.24) is 0 Å². The van der Waals surface area contributed by atoms with E-state index in [0.717, 1.165) is 64.2 Å². The minimum Gasteiger partial charge on any atom is -0.481 e. The van der Waals surface area contributed by atoms with Gasteiger partial charge in [0.15, 0.2) is 0 Å². The molecule has 0 heterocycles. The molecule has 0 aromatic carbocycles. The van der Waals surface area contributed by atoms with Crippen LogP contribution < -0.4 is 0 Å². The Labute approximate surface area is 165 Å². The van der Waals surface area contributed by atoms with E-state index in [1.807, 2.05) is 0 Å². The van der Waals surface area contributed by atoms with Crippen molar-refractivity contribution in [3.8, 4) is 0 Å². The first-order chi connectivity index (χ1) is 13.2. The number of hydrogen-bond acceptors (Lipinski definition) is 4. The molecule has 0 aliphatic heterocycles. The summed E-state index contributed by atoms with van der Waals surface area (Å²) in [6.45, 7) is 0. The summed E-state index contributed by atoms with van der Waals surface area (Å²) < 4.78 is 0. The number of carboxylic acid groups (broad SMARTS) is 4. The van der Waals surface area contributed by atoms with Crippen molar-refractivity contribution in [2.45, 2.75) is 96.3 Å². The van der Waals surface area contributed by atoms with Crippen LogP contribution in [0.1, 0.15) is 96.3 Å². The highest BCUT2D eigenvalue weighted by molar-refractivity contribution is 5.74. The fraction of sp³-hybridized carbons (Fsp3) is 0.800. The van der Waals surface area contributed by atoms with Crippen LogP contribution in [0.2, 0.25) is 0 Å². The normalized spacial score (nSPS) is 14.7. The lowest BCUT2D eigenvalue weighted by Crippen LogP contribution is -2.27. The lowest BCUT2D eigenvalue weighted by molar-refractivity contribution is -0.149. The third-order valence-electron chi connectivity index (χ3n) is 5.09. The SMILES string of the molecule is O=C(O)CCCCC(=O)O.O=C(O)CCCCCCCC1(C(=O)O)CCCC1. The summed E-state index contributed by atoms with van der Waals surface area (Å²) in [4.78, 5) is 41.4. The summed E-state index contributed by atoms with van der Waals surface area (Å²) >= 11 is 0. The summed E-state index contributed by atoms with van der Waals surface area (Å²) in [5, 5.41) is 34.1. The maximum atomic E-state index is 11.3. The van der Waals surface area contributed by atoms with E-state index in [1.54, 1.807) is 0 Å². The zero-order valence-corrected chi connectivity index (χ0v) is 16.5. The van der Waals surface area contributed by atoms with Crippen LogP contribution in [0, 0.1) is 5.41 Å². The molecule has 1 rings (SSSR count). The van der Waals surface area contributed by atoms with Crippen molar-refractivity contribution in [2.75, 3.05) is 0 Å². The second-order valence-electron chi connectivity index (χ2n) is 7.45. The Morgan fingerprint density at radius 1 is 0.571 bits per heavy atom. The van der Waals surface area contributed by atoms with Crippen LogP contribution in [0.5, 0.6) is 0 Å². The van der Waals surface area contributed by atoms with Gasteiger partial charge in [-0.1, -0.05) is 38.5 Å². The number of rotatable bonds is 14. The van der Waals surface area contributed by atoms with Gasteiger partial charge in [0.05, 0.1) is 5.41 Å². The fourth-order valence-corrected chi connectivity index (χ4v) is 3.44. The van der Waals surface area contributed by atoms with Gasteiger partial charge in [-0.15, -0.1) is 0 Å². The van der Waals surface area contributed by atoms with Gasteiger partial charge in [0.1, 0.15) is 0 Å². The van der Waals surface area contributed by atoms with E-state index in [2.05, 4.69) is 0 Å². The Hall–Kier alpha value is -2.12. The second kappa shape index (κ2) is 14.9. The molecule has 8 nitrogen and oxygen atoms in total. The van der Waals surface area contributed by atoms with Crippen molar-refractivity contribution in [3.63, 3.8) is 0 Å². The van der Waals surface area contributed by atoms with Crippen LogP contribution in [0.4, 0.5) is 0 Å². The molecule has 0 amide bonds. The monoisotopic (exact) mass is 402 g/mol. The van der Waals surface area contributed by atoms with Crippen molar-refractivity contribution < 1.29 is 39.6 Å². The molecule has 28 heavy (non-hydrogen) atoms. The quantitative estimate of drug-likeness (QED) is 0.316. The zero-order valence-electron chi connectivity index (χ0n) is 16.5. The molecule has 0 aromatic rings. The predicted molar refractivity (Wildman–Crippen MR) is 102 cm³/mol.